The summed E-state index contributed by atoms with van der Waals surface area (Å²) < 4.78 is 5.85. The maximum atomic E-state index is 6.10. The molecule has 0 saturated carbocycles. The summed E-state index contributed by atoms with van der Waals surface area (Å²) in [6.07, 6.45) is 2.40. The number of ether oxygens (including phenoxy) is 1. The van der Waals surface area contributed by atoms with Crippen LogP contribution in [0, 0.1) is 13.8 Å². The molecule has 0 unspecified atom stereocenters. The Morgan fingerprint density at radius 2 is 2.12 bits per heavy atom. The van der Waals surface area contributed by atoms with E-state index in [4.69, 9.17) is 10.5 Å². The molecule has 2 aliphatic rings. The molecule has 2 aromatic rings. The lowest BCUT2D eigenvalue weighted by molar-refractivity contribution is -0.109. The Kier molecular flexibility index (Phi) is 3.77. The van der Waals surface area contributed by atoms with Crippen LogP contribution in [0.1, 0.15) is 24.1 Å². The minimum atomic E-state index is 0.156. The van der Waals surface area contributed by atoms with Crippen molar-refractivity contribution in [1.29, 1.82) is 0 Å². The fraction of sp³-hybridized carbons (Fsp3) is 0.588. The average Bonchev–Trinajstić information content (AvgIpc) is 2.95. The first-order valence-electron chi connectivity index (χ1n) is 8.56. The molecule has 4 rings (SSSR count). The van der Waals surface area contributed by atoms with Gasteiger partial charge in [-0.15, -0.1) is 0 Å². The van der Waals surface area contributed by atoms with Crippen LogP contribution >= 0.6 is 0 Å². The van der Waals surface area contributed by atoms with Gasteiger partial charge in [0, 0.05) is 38.5 Å². The van der Waals surface area contributed by atoms with E-state index < -0.39 is 0 Å². The Labute approximate surface area is 141 Å². The number of likely N-dealkylation sites (tertiary alicyclic amines) is 1. The molecule has 2 saturated heterocycles. The van der Waals surface area contributed by atoms with Gasteiger partial charge in [0.15, 0.2) is 5.65 Å². The maximum absolute atomic E-state index is 6.10. The Balaban J connectivity index is 1.38. The lowest BCUT2D eigenvalue weighted by Crippen LogP contribution is -2.62. The highest BCUT2D eigenvalue weighted by Crippen LogP contribution is 2.34. The van der Waals surface area contributed by atoms with Crippen LogP contribution in [0.3, 0.4) is 0 Å². The number of rotatable bonds is 4. The van der Waals surface area contributed by atoms with E-state index in [0.717, 1.165) is 49.4 Å². The van der Waals surface area contributed by atoms with E-state index in [0.29, 0.717) is 17.4 Å². The minimum Gasteiger partial charge on any atom is -0.383 e. The van der Waals surface area contributed by atoms with E-state index in [9.17, 15) is 0 Å². The third-order valence-electron chi connectivity index (χ3n) is 4.94. The molecule has 0 atom stereocenters. The first-order valence-corrected chi connectivity index (χ1v) is 8.56. The number of nitrogens with zero attached hydrogens (tertiary/aromatic N) is 4. The number of hydrogen-bond acceptors (Lipinski definition) is 7. The number of anilines is 2. The van der Waals surface area contributed by atoms with Crippen LogP contribution in [-0.2, 0) is 4.74 Å². The Morgan fingerprint density at radius 1 is 1.29 bits per heavy atom. The van der Waals surface area contributed by atoms with E-state index >= 15 is 0 Å². The Morgan fingerprint density at radius 3 is 2.88 bits per heavy atom. The first-order chi connectivity index (χ1) is 11.5. The fourth-order valence-corrected chi connectivity index (χ4v) is 3.85. The molecule has 7 heteroatoms. The minimum absolute atomic E-state index is 0.156. The van der Waals surface area contributed by atoms with Crippen molar-refractivity contribution < 1.29 is 4.74 Å². The molecular weight excluding hydrogens is 304 g/mol. The zero-order valence-electron chi connectivity index (χ0n) is 14.3. The highest BCUT2D eigenvalue weighted by Gasteiger charge is 2.45. The van der Waals surface area contributed by atoms with Crippen LogP contribution < -0.4 is 11.1 Å². The second-order valence-electron chi connectivity index (χ2n) is 6.98. The van der Waals surface area contributed by atoms with Crippen LogP contribution in [0.2, 0.25) is 0 Å². The van der Waals surface area contributed by atoms with Crippen molar-refractivity contribution in [3.63, 3.8) is 0 Å². The van der Waals surface area contributed by atoms with Crippen LogP contribution in [0.5, 0.6) is 0 Å². The summed E-state index contributed by atoms with van der Waals surface area (Å²) in [6, 6.07) is 2.00. The summed E-state index contributed by atoms with van der Waals surface area (Å²) >= 11 is 0. The number of aromatic nitrogens is 3. The van der Waals surface area contributed by atoms with Gasteiger partial charge in [0.2, 0.25) is 5.95 Å². The van der Waals surface area contributed by atoms with Gasteiger partial charge in [0.05, 0.1) is 11.0 Å². The van der Waals surface area contributed by atoms with E-state index in [1.54, 1.807) is 0 Å². The quantitative estimate of drug-likeness (QED) is 0.879. The van der Waals surface area contributed by atoms with Crippen LogP contribution in [0.15, 0.2) is 6.07 Å². The monoisotopic (exact) mass is 328 g/mol. The van der Waals surface area contributed by atoms with E-state index in [2.05, 4.69) is 25.2 Å². The molecule has 2 fully saturated rings. The molecule has 0 bridgehead atoms. The van der Waals surface area contributed by atoms with Gasteiger partial charge in [-0.1, -0.05) is 0 Å². The highest BCUT2D eigenvalue weighted by molar-refractivity contribution is 5.89. The van der Waals surface area contributed by atoms with Gasteiger partial charge in [-0.2, -0.15) is 9.97 Å². The van der Waals surface area contributed by atoms with Gasteiger partial charge in [0.1, 0.15) is 5.82 Å². The summed E-state index contributed by atoms with van der Waals surface area (Å²) in [4.78, 5) is 15.8. The van der Waals surface area contributed by atoms with Crippen LogP contribution in [0.4, 0.5) is 11.8 Å². The number of fused-ring (bicyclic) bond motifs is 1. The Bertz CT molecular complexity index is 763. The van der Waals surface area contributed by atoms with Crippen molar-refractivity contribution in [3.05, 3.63) is 17.3 Å². The third-order valence-corrected chi connectivity index (χ3v) is 4.94. The molecule has 24 heavy (non-hydrogen) atoms. The van der Waals surface area contributed by atoms with E-state index in [-0.39, 0.29) is 5.60 Å². The number of hydrogen-bond donors (Lipinski definition) is 2. The second-order valence-corrected chi connectivity index (χ2v) is 6.98. The number of nitrogen functional groups attached to an aromatic ring is 1. The molecule has 0 aliphatic carbocycles. The van der Waals surface area contributed by atoms with Gasteiger partial charge >= 0.3 is 0 Å². The van der Waals surface area contributed by atoms with Crippen molar-refractivity contribution in [1.82, 2.24) is 19.9 Å². The van der Waals surface area contributed by atoms with E-state index in [1.807, 2.05) is 19.9 Å². The smallest absolute Gasteiger partial charge is 0.226 e. The van der Waals surface area contributed by atoms with Crippen molar-refractivity contribution in [2.75, 3.05) is 43.8 Å². The SMILES string of the molecule is Cc1cc(C)c2c(N)nc(NCCN3CC4(CCCO4)C3)nc2n1. The molecule has 128 valence electrons. The van der Waals surface area contributed by atoms with Crippen molar-refractivity contribution >= 4 is 22.8 Å². The fourth-order valence-electron chi connectivity index (χ4n) is 3.85. The molecule has 1 spiro atoms. The van der Waals surface area contributed by atoms with Gasteiger partial charge < -0.3 is 15.8 Å². The summed E-state index contributed by atoms with van der Waals surface area (Å²) in [5.41, 5.74) is 8.91. The summed E-state index contributed by atoms with van der Waals surface area (Å²) in [5, 5.41) is 4.11. The number of nitrogens with two attached hydrogens (primary N) is 1. The van der Waals surface area contributed by atoms with Gasteiger partial charge in [-0.3, -0.25) is 4.90 Å². The maximum Gasteiger partial charge on any atom is 0.226 e. The second kappa shape index (κ2) is 5.82. The number of aryl methyl sites for hydroxylation is 2. The molecular formula is C17H24N6O. The van der Waals surface area contributed by atoms with Crippen molar-refractivity contribution in [3.8, 4) is 0 Å². The van der Waals surface area contributed by atoms with Gasteiger partial charge in [-0.05, 0) is 38.3 Å². The average molecular weight is 328 g/mol. The Hall–Kier alpha value is -1.99. The van der Waals surface area contributed by atoms with Crippen LogP contribution in [-0.4, -0.2) is 58.2 Å². The van der Waals surface area contributed by atoms with Crippen molar-refractivity contribution in [2.24, 2.45) is 0 Å². The molecule has 2 aliphatic heterocycles. The zero-order chi connectivity index (χ0) is 16.7. The molecule has 7 nitrogen and oxygen atoms in total. The molecule has 4 heterocycles. The molecule has 2 aromatic heterocycles. The molecule has 0 amide bonds. The standard InChI is InChI=1S/C17H24N6O/c1-11-8-12(2)20-15-13(11)14(18)21-16(22-15)19-5-6-23-9-17(10-23)4-3-7-24-17/h8H,3-7,9-10H2,1-2H3,(H3,18,19,20,21,22). The lowest BCUT2D eigenvalue weighted by atomic mass is 9.91. The normalized spacial score (nSPS) is 19.8. The number of pyridine rings is 1. The zero-order valence-corrected chi connectivity index (χ0v) is 14.3. The molecule has 0 radical (unpaired) electrons. The lowest BCUT2D eigenvalue weighted by Gasteiger charge is -2.47. The van der Waals surface area contributed by atoms with Gasteiger partial charge in [0.25, 0.3) is 0 Å². The molecule has 3 N–H and O–H groups in total. The number of nitrogens with one attached hydrogen (secondary N) is 1. The van der Waals surface area contributed by atoms with Gasteiger partial charge in [-0.25, -0.2) is 4.98 Å². The summed E-state index contributed by atoms with van der Waals surface area (Å²) in [7, 11) is 0. The van der Waals surface area contributed by atoms with E-state index in [1.165, 1.54) is 12.8 Å². The third kappa shape index (κ3) is 2.78. The summed E-state index contributed by atoms with van der Waals surface area (Å²) in [6.45, 7) is 8.70. The van der Waals surface area contributed by atoms with Crippen LogP contribution in [0.25, 0.3) is 11.0 Å². The molecule has 0 aromatic carbocycles. The van der Waals surface area contributed by atoms with Crippen molar-refractivity contribution in [2.45, 2.75) is 32.3 Å². The summed E-state index contributed by atoms with van der Waals surface area (Å²) in [5.74, 6) is 1.03. The predicted octanol–water partition coefficient (Wildman–Crippen LogP) is 1.50. The highest BCUT2D eigenvalue weighted by atomic mass is 16.5. The topological polar surface area (TPSA) is 89.2 Å². The predicted molar refractivity (Wildman–Crippen MR) is 94.1 cm³/mol. The largest absolute Gasteiger partial charge is 0.383 e. The first kappa shape index (κ1) is 15.5.